The van der Waals surface area contributed by atoms with E-state index in [9.17, 15) is 0 Å². The fourth-order valence-corrected chi connectivity index (χ4v) is 3.75. The van der Waals surface area contributed by atoms with Gasteiger partial charge in [0.15, 0.2) is 0 Å². The van der Waals surface area contributed by atoms with Gasteiger partial charge in [0.05, 0.1) is 4.34 Å². The Morgan fingerprint density at radius 1 is 1.41 bits per heavy atom. The van der Waals surface area contributed by atoms with E-state index >= 15 is 0 Å². The second kappa shape index (κ2) is 6.21. The third-order valence-corrected chi connectivity index (χ3v) is 5.08. The molecule has 0 aliphatic heterocycles. The van der Waals surface area contributed by atoms with Crippen molar-refractivity contribution in [2.24, 2.45) is 11.8 Å². The van der Waals surface area contributed by atoms with Crippen molar-refractivity contribution >= 4 is 22.9 Å². The van der Waals surface area contributed by atoms with E-state index in [0.29, 0.717) is 6.04 Å². The van der Waals surface area contributed by atoms with Gasteiger partial charge in [0.2, 0.25) is 0 Å². The minimum atomic E-state index is 0.706. The Bertz CT molecular complexity index is 348. The molecule has 1 aliphatic carbocycles. The molecule has 0 bridgehead atoms. The van der Waals surface area contributed by atoms with Crippen molar-refractivity contribution in [1.29, 1.82) is 0 Å². The van der Waals surface area contributed by atoms with Crippen LogP contribution in [0.25, 0.3) is 0 Å². The van der Waals surface area contributed by atoms with Crippen LogP contribution in [0, 0.1) is 11.8 Å². The molecule has 0 aromatic carbocycles. The molecule has 96 valence electrons. The van der Waals surface area contributed by atoms with Crippen LogP contribution in [-0.2, 0) is 6.54 Å². The molecule has 2 atom stereocenters. The summed E-state index contributed by atoms with van der Waals surface area (Å²) in [5.74, 6) is 1.74. The molecule has 1 aliphatic rings. The summed E-state index contributed by atoms with van der Waals surface area (Å²) in [6.45, 7) is 5.69. The van der Waals surface area contributed by atoms with Gasteiger partial charge in [0.1, 0.15) is 0 Å². The second-order valence-electron chi connectivity index (χ2n) is 5.45. The smallest absolute Gasteiger partial charge is 0.0931 e. The van der Waals surface area contributed by atoms with Gasteiger partial charge >= 0.3 is 0 Å². The molecule has 3 heteroatoms. The van der Waals surface area contributed by atoms with Crippen molar-refractivity contribution in [3.8, 4) is 0 Å². The summed E-state index contributed by atoms with van der Waals surface area (Å²) in [5.41, 5.74) is 0. The van der Waals surface area contributed by atoms with Crippen LogP contribution in [0.1, 0.15) is 44.4 Å². The van der Waals surface area contributed by atoms with Gasteiger partial charge in [-0.15, -0.1) is 11.3 Å². The Morgan fingerprint density at radius 3 is 2.88 bits per heavy atom. The summed E-state index contributed by atoms with van der Waals surface area (Å²) in [6, 6.07) is 4.82. The number of hydrogen-bond acceptors (Lipinski definition) is 2. The van der Waals surface area contributed by atoms with E-state index in [1.165, 1.54) is 30.6 Å². The lowest BCUT2D eigenvalue weighted by Crippen LogP contribution is -2.34. The average molecular weight is 272 g/mol. The molecule has 2 rings (SSSR count). The van der Waals surface area contributed by atoms with E-state index in [1.807, 2.05) is 6.07 Å². The monoisotopic (exact) mass is 271 g/mol. The van der Waals surface area contributed by atoms with Crippen molar-refractivity contribution in [3.05, 3.63) is 21.3 Å². The number of nitrogens with one attached hydrogen (secondary N) is 1. The molecule has 2 unspecified atom stereocenters. The number of thiophene rings is 1. The van der Waals surface area contributed by atoms with Gasteiger partial charge in [-0.1, -0.05) is 38.3 Å². The molecule has 1 heterocycles. The molecular weight excluding hydrogens is 250 g/mol. The predicted molar refractivity (Wildman–Crippen MR) is 76.8 cm³/mol. The van der Waals surface area contributed by atoms with E-state index in [1.54, 1.807) is 11.3 Å². The number of halogens is 1. The zero-order valence-corrected chi connectivity index (χ0v) is 12.3. The molecule has 1 N–H and O–H groups in total. The first-order valence-electron chi connectivity index (χ1n) is 6.62. The molecule has 1 aromatic heterocycles. The van der Waals surface area contributed by atoms with Crippen LogP contribution >= 0.6 is 22.9 Å². The van der Waals surface area contributed by atoms with Crippen LogP contribution in [0.2, 0.25) is 4.34 Å². The first-order chi connectivity index (χ1) is 8.15. The van der Waals surface area contributed by atoms with Crippen molar-refractivity contribution in [2.45, 2.75) is 52.1 Å². The second-order valence-corrected chi connectivity index (χ2v) is 7.25. The van der Waals surface area contributed by atoms with Crippen LogP contribution in [-0.4, -0.2) is 6.04 Å². The van der Waals surface area contributed by atoms with Gasteiger partial charge < -0.3 is 5.32 Å². The van der Waals surface area contributed by atoms with Gasteiger partial charge in [-0.25, -0.2) is 0 Å². The van der Waals surface area contributed by atoms with E-state index in [2.05, 4.69) is 25.2 Å². The minimum Gasteiger partial charge on any atom is -0.309 e. The number of hydrogen-bond donors (Lipinski definition) is 1. The summed E-state index contributed by atoms with van der Waals surface area (Å²) in [7, 11) is 0. The highest BCUT2D eigenvalue weighted by molar-refractivity contribution is 7.16. The van der Waals surface area contributed by atoms with Crippen LogP contribution in [0.15, 0.2) is 12.1 Å². The van der Waals surface area contributed by atoms with Crippen molar-refractivity contribution < 1.29 is 0 Å². The first kappa shape index (κ1) is 13.4. The molecular formula is C14H22ClNS. The fourth-order valence-electron chi connectivity index (χ4n) is 2.71. The highest BCUT2D eigenvalue weighted by Gasteiger charge is 2.23. The summed E-state index contributed by atoms with van der Waals surface area (Å²) in [5, 5.41) is 3.69. The molecule has 17 heavy (non-hydrogen) atoms. The predicted octanol–water partition coefficient (Wildman–Crippen LogP) is 4.71. The largest absolute Gasteiger partial charge is 0.309 e. The molecule has 0 amide bonds. The maximum atomic E-state index is 5.94. The van der Waals surface area contributed by atoms with Crippen LogP contribution < -0.4 is 5.32 Å². The lowest BCUT2D eigenvalue weighted by Gasteiger charge is -2.32. The average Bonchev–Trinajstić information content (AvgIpc) is 2.73. The highest BCUT2D eigenvalue weighted by atomic mass is 35.5. The van der Waals surface area contributed by atoms with E-state index < -0.39 is 0 Å². The Balaban J connectivity index is 1.79. The third kappa shape index (κ3) is 3.97. The van der Waals surface area contributed by atoms with Gasteiger partial charge in [0, 0.05) is 17.5 Å². The van der Waals surface area contributed by atoms with Crippen LogP contribution in [0.5, 0.6) is 0 Å². The Labute approximate surface area is 114 Å². The molecule has 1 nitrogen and oxygen atoms in total. The van der Waals surface area contributed by atoms with E-state index in [0.717, 1.165) is 22.7 Å². The lowest BCUT2D eigenvalue weighted by atomic mass is 9.79. The molecule has 0 saturated heterocycles. The molecule has 1 saturated carbocycles. The first-order valence-corrected chi connectivity index (χ1v) is 7.82. The van der Waals surface area contributed by atoms with Crippen LogP contribution in [0.3, 0.4) is 0 Å². The van der Waals surface area contributed by atoms with Crippen LogP contribution in [0.4, 0.5) is 0 Å². The highest BCUT2D eigenvalue weighted by Crippen LogP contribution is 2.30. The summed E-state index contributed by atoms with van der Waals surface area (Å²) < 4.78 is 0.894. The summed E-state index contributed by atoms with van der Waals surface area (Å²) >= 11 is 7.62. The molecule has 0 spiro atoms. The SMILES string of the molecule is CC(C)C1CCCC(NCc2ccc(Cl)s2)C1. The van der Waals surface area contributed by atoms with Gasteiger partial charge in [0.25, 0.3) is 0 Å². The molecule has 1 aromatic rings. The van der Waals surface area contributed by atoms with Gasteiger partial charge in [-0.3, -0.25) is 0 Å². The lowest BCUT2D eigenvalue weighted by molar-refractivity contribution is 0.231. The Morgan fingerprint density at radius 2 is 2.24 bits per heavy atom. The maximum Gasteiger partial charge on any atom is 0.0931 e. The van der Waals surface area contributed by atoms with Crippen molar-refractivity contribution in [3.63, 3.8) is 0 Å². The normalized spacial score (nSPS) is 25.4. The number of rotatable bonds is 4. The molecule has 0 radical (unpaired) electrons. The zero-order chi connectivity index (χ0) is 12.3. The van der Waals surface area contributed by atoms with Gasteiger partial charge in [-0.2, -0.15) is 0 Å². The van der Waals surface area contributed by atoms with Crippen molar-refractivity contribution in [1.82, 2.24) is 5.32 Å². The Kier molecular flexibility index (Phi) is 4.89. The topological polar surface area (TPSA) is 12.0 Å². The van der Waals surface area contributed by atoms with Gasteiger partial charge in [-0.05, 0) is 36.8 Å². The quantitative estimate of drug-likeness (QED) is 0.837. The zero-order valence-electron chi connectivity index (χ0n) is 10.7. The van der Waals surface area contributed by atoms with Crippen molar-refractivity contribution in [2.75, 3.05) is 0 Å². The fraction of sp³-hybridized carbons (Fsp3) is 0.714. The molecule has 1 fully saturated rings. The Hall–Kier alpha value is -0.0500. The maximum absolute atomic E-state index is 5.94. The summed E-state index contributed by atoms with van der Waals surface area (Å²) in [6.07, 6.45) is 5.48. The van der Waals surface area contributed by atoms with E-state index in [-0.39, 0.29) is 0 Å². The standard InChI is InChI=1S/C14H22ClNS/c1-10(2)11-4-3-5-12(8-11)16-9-13-6-7-14(15)17-13/h6-7,10-12,16H,3-5,8-9H2,1-2H3. The van der Waals surface area contributed by atoms with E-state index in [4.69, 9.17) is 11.6 Å². The third-order valence-electron chi connectivity index (χ3n) is 3.85. The summed E-state index contributed by atoms with van der Waals surface area (Å²) in [4.78, 5) is 1.35. The minimum absolute atomic E-state index is 0.706.